The van der Waals surface area contributed by atoms with E-state index in [-0.39, 0.29) is 17.1 Å². The van der Waals surface area contributed by atoms with Crippen molar-refractivity contribution in [3.63, 3.8) is 0 Å². The van der Waals surface area contributed by atoms with Crippen LogP contribution in [0.3, 0.4) is 0 Å². The van der Waals surface area contributed by atoms with Crippen molar-refractivity contribution < 1.29 is 15.0 Å². The molecule has 0 amide bonds. The van der Waals surface area contributed by atoms with Crippen LogP contribution in [0.25, 0.3) is 0 Å². The summed E-state index contributed by atoms with van der Waals surface area (Å²) < 4.78 is 0. The average Bonchev–Trinajstić information content (AvgIpc) is 3.24. The highest BCUT2D eigenvalue weighted by molar-refractivity contribution is 5.84. The summed E-state index contributed by atoms with van der Waals surface area (Å²) in [5.41, 5.74) is 5.53. The van der Waals surface area contributed by atoms with Crippen LogP contribution in [0.4, 0.5) is 0 Å². The van der Waals surface area contributed by atoms with E-state index in [0.29, 0.717) is 29.1 Å². The number of fused-ring (bicyclic) bond motifs is 5. The van der Waals surface area contributed by atoms with Crippen molar-refractivity contribution in [1.82, 2.24) is 0 Å². The fourth-order valence-electron chi connectivity index (χ4n) is 9.71. The van der Waals surface area contributed by atoms with Crippen LogP contribution in [-0.4, -0.2) is 16.5 Å². The topological polar surface area (TPSA) is 57.5 Å². The number of unbranched alkanes of at least 4 members (excludes halogenated alkanes) is 1. The number of hydrogen-bond acceptors (Lipinski definition) is 3. The molecule has 4 aliphatic carbocycles. The Morgan fingerprint density at radius 1 is 1.00 bits per heavy atom. The van der Waals surface area contributed by atoms with Gasteiger partial charge in [-0.1, -0.05) is 76.3 Å². The first-order valence-corrected chi connectivity index (χ1v) is 16.0. The van der Waals surface area contributed by atoms with Gasteiger partial charge in [-0.3, -0.25) is 4.79 Å². The van der Waals surface area contributed by atoms with E-state index in [1.54, 1.807) is 12.5 Å². The van der Waals surface area contributed by atoms with Crippen molar-refractivity contribution in [3.8, 4) is 11.5 Å². The van der Waals surface area contributed by atoms with E-state index in [1.807, 2.05) is 6.07 Å². The van der Waals surface area contributed by atoms with E-state index in [9.17, 15) is 15.0 Å². The second-order valence-electron chi connectivity index (χ2n) is 14.6. The summed E-state index contributed by atoms with van der Waals surface area (Å²) in [4.78, 5) is 11.6. The Balaban J connectivity index is 1.29. The quantitative estimate of drug-likeness (QED) is 0.199. The maximum Gasteiger partial charge on any atom is 0.168 e. The van der Waals surface area contributed by atoms with Gasteiger partial charge in [0.2, 0.25) is 0 Å². The molecule has 0 spiro atoms. The summed E-state index contributed by atoms with van der Waals surface area (Å²) in [5, 5.41) is 20.3. The molecule has 4 aliphatic rings. The second kappa shape index (κ2) is 11.1. The molecule has 3 nitrogen and oxygen atoms in total. The zero-order valence-corrected chi connectivity index (χ0v) is 25.2. The maximum atomic E-state index is 11.6. The van der Waals surface area contributed by atoms with Gasteiger partial charge in [0, 0.05) is 0 Å². The summed E-state index contributed by atoms with van der Waals surface area (Å²) in [6, 6.07) is 1.83. The summed E-state index contributed by atoms with van der Waals surface area (Å²) in [6.45, 7) is 11.7. The number of benzene rings is 1. The smallest absolute Gasteiger partial charge is 0.168 e. The van der Waals surface area contributed by atoms with Crippen molar-refractivity contribution in [2.75, 3.05) is 0 Å². The van der Waals surface area contributed by atoms with Crippen LogP contribution < -0.4 is 0 Å². The number of aldehydes is 1. The van der Waals surface area contributed by atoms with Crippen LogP contribution in [0.2, 0.25) is 0 Å². The molecule has 2 N–H and O–H groups in total. The molecule has 0 aromatic heterocycles. The number of phenolic OH excluding ortho intramolecular Hbond substituents is 2. The predicted octanol–water partition coefficient (Wildman–Crippen LogP) is 9.48. The monoisotopic (exact) mass is 532 g/mol. The summed E-state index contributed by atoms with van der Waals surface area (Å²) in [7, 11) is 0. The standard InChI is InChI=1S/C36H52O3/c1-23(2)8-6-7-9-27-13-15-31-29-14-12-28-21-25(16-18-36(28,5)32(29)17-19-35(27,31)4)10-11-26-20-24(3)33(38)34(39)30(26)22-37/h10,20-23,27,29,31-32,38-39H,6-9,11-19H2,1-5H3/b25-10+. The van der Waals surface area contributed by atoms with Gasteiger partial charge in [-0.15, -0.1) is 0 Å². The first-order chi connectivity index (χ1) is 18.6. The maximum absolute atomic E-state index is 11.6. The molecule has 3 fully saturated rings. The van der Waals surface area contributed by atoms with Crippen LogP contribution in [0.5, 0.6) is 11.5 Å². The van der Waals surface area contributed by atoms with E-state index in [2.05, 4.69) is 39.8 Å². The van der Waals surface area contributed by atoms with E-state index in [1.165, 1.54) is 76.2 Å². The minimum absolute atomic E-state index is 0.191. The SMILES string of the molecule is Cc1cc(C/C=C2/C=C3CCC4C(CCC5(C)C(CCCCC(C)C)CCC45)C3(C)CC2)c(C=O)c(O)c1O. The van der Waals surface area contributed by atoms with Crippen molar-refractivity contribution in [1.29, 1.82) is 0 Å². The Morgan fingerprint density at radius 2 is 1.79 bits per heavy atom. The van der Waals surface area contributed by atoms with Gasteiger partial charge in [0.15, 0.2) is 17.8 Å². The highest BCUT2D eigenvalue weighted by Gasteiger charge is 2.58. The molecular formula is C36H52O3. The largest absolute Gasteiger partial charge is 0.504 e. The van der Waals surface area contributed by atoms with Crippen LogP contribution in [0.1, 0.15) is 126 Å². The van der Waals surface area contributed by atoms with Gasteiger partial charge in [0.1, 0.15) is 0 Å². The number of carbonyl (C=O) groups excluding carboxylic acids is 1. The molecule has 0 heterocycles. The zero-order valence-electron chi connectivity index (χ0n) is 25.2. The summed E-state index contributed by atoms with van der Waals surface area (Å²) in [6.07, 6.45) is 22.4. The fourth-order valence-corrected chi connectivity index (χ4v) is 9.71. The van der Waals surface area contributed by atoms with E-state index >= 15 is 0 Å². The molecule has 5 rings (SSSR count). The molecule has 6 unspecified atom stereocenters. The molecule has 3 heteroatoms. The lowest BCUT2D eigenvalue weighted by atomic mass is 9.46. The van der Waals surface area contributed by atoms with Crippen molar-refractivity contribution in [2.24, 2.45) is 40.4 Å². The van der Waals surface area contributed by atoms with Crippen molar-refractivity contribution >= 4 is 6.29 Å². The van der Waals surface area contributed by atoms with E-state index < -0.39 is 0 Å². The molecule has 3 saturated carbocycles. The number of carbonyl (C=O) groups is 1. The number of aryl methyl sites for hydroxylation is 1. The third-order valence-electron chi connectivity index (χ3n) is 12.1. The minimum Gasteiger partial charge on any atom is -0.504 e. The fraction of sp³-hybridized carbons (Fsp3) is 0.694. The number of phenols is 2. The van der Waals surface area contributed by atoms with Gasteiger partial charge in [-0.05, 0) is 123 Å². The summed E-state index contributed by atoms with van der Waals surface area (Å²) in [5.74, 6) is 3.95. The molecule has 0 bridgehead atoms. The molecule has 1 aromatic rings. The van der Waals surface area contributed by atoms with Gasteiger partial charge in [-0.2, -0.15) is 0 Å². The average molecular weight is 533 g/mol. The molecule has 214 valence electrons. The Kier molecular flexibility index (Phi) is 8.11. The van der Waals surface area contributed by atoms with Gasteiger partial charge < -0.3 is 10.2 Å². The first-order valence-electron chi connectivity index (χ1n) is 16.0. The Labute approximate surface area is 237 Å². The molecule has 1 aromatic carbocycles. The Morgan fingerprint density at radius 3 is 2.54 bits per heavy atom. The van der Waals surface area contributed by atoms with Crippen LogP contribution >= 0.6 is 0 Å². The molecule has 0 radical (unpaired) electrons. The first kappa shape index (κ1) is 28.5. The highest BCUT2D eigenvalue weighted by Crippen LogP contribution is 2.67. The van der Waals surface area contributed by atoms with E-state index in [0.717, 1.165) is 41.6 Å². The number of hydrogen-bond donors (Lipinski definition) is 2. The van der Waals surface area contributed by atoms with Crippen LogP contribution in [0.15, 0.2) is 29.4 Å². The molecule has 39 heavy (non-hydrogen) atoms. The number of rotatable bonds is 8. The lowest BCUT2D eigenvalue weighted by Gasteiger charge is -2.58. The predicted molar refractivity (Wildman–Crippen MR) is 160 cm³/mol. The minimum atomic E-state index is -0.291. The third-order valence-corrected chi connectivity index (χ3v) is 12.1. The van der Waals surface area contributed by atoms with Gasteiger partial charge in [-0.25, -0.2) is 0 Å². The highest BCUT2D eigenvalue weighted by atomic mass is 16.3. The van der Waals surface area contributed by atoms with Gasteiger partial charge >= 0.3 is 0 Å². The van der Waals surface area contributed by atoms with Gasteiger partial charge in [0.05, 0.1) is 5.56 Å². The third kappa shape index (κ3) is 5.13. The van der Waals surface area contributed by atoms with E-state index in [4.69, 9.17) is 0 Å². The van der Waals surface area contributed by atoms with Crippen LogP contribution in [0, 0.1) is 47.3 Å². The lowest BCUT2D eigenvalue weighted by molar-refractivity contribution is -0.0512. The molecule has 0 aliphatic heterocycles. The summed E-state index contributed by atoms with van der Waals surface area (Å²) >= 11 is 0. The lowest BCUT2D eigenvalue weighted by Crippen LogP contribution is -2.50. The van der Waals surface area contributed by atoms with Crippen LogP contribution in [-0.2, 0) is 6.42 Å². The van der Waals surface area contributed by atoms with Crippen molar-refractivity contribution in [2.45, 2.75) is 118 Å². The number of aromatic hydroxyl groups is 2. The number of allylic oxidation sites excluding steroid dienone is 4. The Hall–Kier alpha value is -2.03. The Bertz CT molecular complexity index is 1140. The zero-order chi connectivity index (χ0) is 27.9. The second-order valence-corrected chi connectivity index (χ2v) is 14.6. The molecule has 6 atom stereocenters. The van der Waals surface area contributed by atoms with Gasteiger partial charge in [0.25, 0.3) is 0 Å². The molecule has 0 saturated heterocycles. The molecular weight excluding hydrogens is 480 g/mol. The normalized spacial score (nSPS) is 34.9. The van der Waals surface area contributed by atoms with Crippen molar-refractivity contribution in [3.05, 3.63) is 46.1 Å².